The third-order valence-electron chi connectivity index (χ3n) is 3.71. The van der Waals surface area contributed by atoms with Gasteiger partial charge in [0, 0.05) is 32.1 Å². The van der Waals surface area contributed by atoms with Crippen LogP contribution in [0.2, 0.25) is 0 Å². The summed E-state index contributed by atoms with van der Waals surface area (Å²) >= 11 is 5.62. The number of rotatable bonds is 7. The van der Waals surface area contributed by atoms with Crippen molar-refractivity contribution >= 4 is 28.7 Å². The van der Waals surface area contributed by atoms with E-state index in [-0.39, 0.29) is 12.2 Å². The van der Waals surface area contributed by atoms with Gasteiger partial charge < -0.3 is 10.0 Å². The molecule has 0 unspecified atom stereocenters. The molecule has 0 fully saturated rings. The van der Waals surface area contributed by atoms with Crippen LogP contribution in [0.15, 0.2) is 41.2 Å². The molecule has 0 aliphatic heterocycles. The minimum Gasteiger partial charge on any atom is -0.465 e. The first-order valence-corrected chi connectivity index (χ1v) is 8.00. The molecule has 2 rings (SSSR count). The summed E-state index contributed by atoms with van der Waals surface area (Å²) in [7, 11) is 0. The standard InChI is InChI=1S/C16H20ClN3O3/c1-2-18(16(22)23)11-12-20-14-8-4-3-7-13(14)19(15(20)21)10-6-5-9-17/h3-8H,2,9-12H2,1H3,(H,22,23)/b6-5-. The molecule has 0 atom stereocenters. The van der Waals surface area contributed by atoms with Crippen molar-refractivity contribution in [1.29, 1.82) is 0 Å². The van der Waals surface area contributed by atoms with Crippen LogP contribution >= 0.6 is 11.6 Å². The van der Waals surface area contributed by atoms with Crippen LogP contribution in [-0.4, -0.2) is 44.2 Å². The van der Waals surface area contributed by atoms with Gasteiger partial charge in [-0.3, -0.25) is 9.13 Å². The van der Waals surface area contributed by atoms with Gasteiger partial charge in [0.25, 0.3) is 0 Å². The summed E-state index contributed by atoms with van der Waals surface area (Å²) in [6.07, 6.45) is 2.67. The Bertz CT molecular complexity index is 764. The van der Waals surface area contributed by atoms with Crippen LogP contribution in [0, 0.1) is 0 Å². The molecule has 0 aliphatic carbocycles. The van der Waals surface area contributed by atoms with Gasteiger partial charge in [0.05, 0.1) is 11.0 Å². The van der Waals surface area contributed by atoms with Crippen molar-refractivity contribution in [3.05, 3.63) is 46.9 Å². The molecule has 1 heterocycles. The van der Waals surface area contributed by atoms with Crippen molar-refractivity contribution in [2.24, 2.45) is 0 Å². The molecule has 0 saturated heterocycles. The number of carbonyl (C=O) groups is 1. The summed E-state index contributed by atoms with van der Waals surface area (Å²) in [5.41, 5.74) is 1.49. The lowest BCUT2D eigenvalue weighted by Crippen LogP contribution is -2.34. The zero-order chi connectivity index (χ0) is 16.8. The van der Waals surface area contributed by atoms with Crippen LogP contribution in [0.3, 0.4) is 0 Å². The first-order valence-electron chi connectivity index (χ1n) is 7.47. The average Bonchev–Trinajstić information content (AvgIpc) is 2.81. The van der Waals surface area contributed by atoms with Crippen LogP contribution < -0.4 is 5.69 Å². The molecule has 0 saturated carbocycles. The second kappa shape index (κ2) is 7.87. The minimum atomic E-state index is -0.977. The van der Waals surface area contributed by atoms with E-state index in [9.17, 15) is 9.59 Å². The molecule has 6 nitrogen and oxygen atoms in total. The maximum absolute atomic E-state index is 12.6. The summed E-state index contributed by atoms with van der Waals surface area (Å²) in [6.45, 7) is 3.21. The van der Waals surface area contributed by atoms with E-state index in [4.69, 9.17) is 16.7 Å². The Hall–Kier alpha value is -2.21. The zero-order valence-electron chi connectivity index (χ0n) is 13.0. The number of hydrogen-bond acceptors (Lipinski definition) is 2. The van der Waals surface area contributed by atoms with Gasteiger partial charge in [0.15, 0.2) is 0 Å². The number of likely N-dealkylation sites (N-methyl/N-ethyl adjacent to an activating group) is 1. The summed E-state index contributed by atoms with van der Waals surface area (Å²) in [5.74, 6) is 0.400. The number of fused-ring (bicyclic) bond motifs is 1. The van der Waals surface area contributed by atoms with Crippen LogP contribution in [0.4, 0.5) is 4.79 Å². The Labute approximate surface area is 139 Å². The van der Waals surface area contributed by atoms with Gasteiger partial charge in [-0.1, -0.05) is 24.3 Å². The molecule has 1 aromatic carbocycles. The number of imidazole rings is 1. The predicted molar refractivity (Wildman–Crippen MR) is 91.3 cm³/mol. The third-order valence-corrected chi connectivity index (χ3v) is 3.89. The maximum Gasteiger partial charge on any atom is 0.407 e. The maximum atomic E-state index is 12.6. The fourth-order valence-corrected chi connectivity index (χ4v) is 2.64. The number of aromatic nitrogens is 2. The van der Waals surface area contributed by atoms with E-state index in [2.05, 4.69) is 0 Å². The number of halogens is 1. The highest BCUT2D eigenvalue weighted by atomic mass is 35.5. The summed E-state index contributed by atoms with van der Waals surface area (Å²) < 4.78 is 3.28. The number of para-hydroxylation sites is 2. The van der Waals surface area contributed by atoms with E-state index in [1.807, 2.05) is 30.3 Å². The second-order valence-corrected chi connectivity index (χ2v) is 5.33. The van der Waals surface area contributed by atoms with Gasteiger partial charge >= 0.3 is 11.8 Å². The number of benzene rings is 1. The van der Waals surface area contributed by atoms with Crippen LogP contribution in [0.25, 0.3) is 11.0 Å². The van der Waals surface area contributed by atoms with Gasteiger partial charge in [-0.15, -0.1) is 11.6 Å². The van der Waals surface area contributed by atoms with Crippen molar-refractivity contribution in [3.63, 3.8) is 0 Å². The lowest BCUT2D eigenvalue weighted by molar-refractivity contribution is 0.146. The summed E-state index contributed by atoms with van der Waals surface area (Å²) in [5, 5.41) is 9.09. The van der Waals surface area contributed by atoms with Gasteiger partial charge in [0.2, 0.25) is 0 Å². The van der Waals surface area contributed by atoms with Crippen molar-refractivity contribution in [3.8, 4) is 0 Å². The van der Waals surface area contributed by atoms with E-state index >= 15 is 0 Å². The molecule has 0 radical (unpaired) electrons. The fourth-order valence-electron chi connectivity index (χ4n) is 2.52. The summed E-state index contributed by atoms with van der Waals surface area (Å²) in [6, 6.07) is 7.50. The lowest BCUT2D eigenvalue weighted by Gasteiger charge is -2.16. The van der Waals surface area contributed by atoms with E-state index < -0.39 is 6.09 Å². The molecule has 124 valence electrons. The van der Waals surface area contributed by atoms with Crippen molar-refractivity contribution in [1.82, 2.24) is 14.0 Å². The first kappa shape index (κ1) is 17.1. The largest absolute Gasteiger partial charge is 0.465 e. The molecular formula is C16H20ClN3O3. The molecule has 1 aromatic heterocycles. The number of alkyl halides is 1. The quantitative estimate of drug-likeness (QED) is 0.623. The van der Waals surface area contributed by atoms with E-state index in [0.717, 1.165) is 11.0 Å². The van der Waals surface area contributed by atoms with Crippen LogP contribution in [0.5, 0.6) is 0 Å². The minimum absolute atomic E-state index is 0.146. The monoisotopic (exact) mass is 337 g/mol. The number of carboxylic acid groups (broad SMARTS) is 1. The van der Waals surface area contributed by atoms with E-state index in [1.165, 1.54) is 4.90 Å². The Morgan fingerprint density at radius 3 is 2.48 bits per heavy atom. The Kier molecular flexibility index (Phi) is 5.87. The Morgan fingerprint density at radius 2 is 1.91 bits per heavy atom. The molecule has 7 heteroatoms. The zero-order valence-corrected chi connectivity index (χ0v) is 13.7. The Morgan fingerprint density at radius 1 is 1.26 bits per heavy atom. The number of nitrogens with zero attached hydrogens (tertiary/aromatic N) is 3. The van der Waals surface area contributed by atoms with Crippen LogP contribution in [-0.2, 0) is 13.1 Å². The number of allylic oxidation sites excluding steroid dienone is 2. The van der Waals surface area contributed by atoms with Gasteiger partial charge in [-0.05, 0) is 19.1 Å². The molecule has 1 amide bonds. The normalized spacial score (nSPS) is 11.4. The Balaban J connectivity index is 2.36. The highest BCUT2D eigenvalue weighted by molar-refractivity contribution is 6.18. The molecule has 2 aromatic rings. The SMILES string of the molecule is CCN(CCn1c(=O)n(C/C=C\CCl)c2ccccc21)C(=O)O. The topological polar surface area (TPSA) is 67.5 Å². The first-order chi connectivity index (χ1) is 11.1. The molecule has 0 bridgehead atoms. The highest BCUT2D eigenvalue weighted by Gasteiger charge is 2.14. The van der Waals surface area contributed by atoms with Crippen molar-refractivity contribution in [2.75, 3.05) is 19.0 Å². The van der Waals surface area contributed by atoms with Crippen molar-refractivity contribution in [2.45, 2.75) is 20.0 Å². The summed E-state index contributed by atoms with van der Waals surface area (Å²) in [4.78, 5) is 25.0. The predicted octanol–water partition coefficient (Wildman–Crippen LogP) is 2.60. The molecular weight excluding hydrogens is 318 g/mol. The molecule has 0 spiro atoms. The number of amides is 1. The van der Waals surface area contributed by atoms with Gasteiger partial charge in [-0.25, -0.2) is 9.59 Å². The molecule has 1 N–H and O–H groups in total. The fraction of sp³-hybridized carbons (Fsp3) is 0.375. The second-order valence-electron chi connectivity index (χ2n) is 5.02. The van der Waals surface area contributed by atoms with Gasteiger partial charge in [0.1, 0.15) is 0 Å². The average molecular weight is 338 g/mol. The molecule has 0 aliphatic rings. The smallest absolute Gasteiger partial charge is 0.407 e. The third kappa shape index (κ3) is 3.76. The number of hydrogen-bond donors (Lipinski definition) is 1. The lowest BCUT2D eigenvalue weighted by atomic mass is 10.3. The molecule has 23 heavy (non-hydrogen) atoms. The van der Waals surface area contributed by atoms with E-state index in [1.54, 1.807) is 22.1 Å². The van der Waals surface area contributed by atoms with Crippen molar-refractivity contribution < 1.29 is 9.90 Å². The van der Waals surface area contributed by atoms with Crippen LogP contribution in [0.1, 0.15) is 6.92 Å². The van der Waals surface area contributed by atoms with Gasteiger partial charge in [-0.2, -0.15) is 0 Å². The van der Waals surface area contributed by atoms with E-state index in [0.29, 0.717) is 25.5 Å². The highest BCUT2D eigenvalue weighted by Crippen LogP contribution is 2.13.